The average Bonchev–Trinajstić information content (AvgIpc) is 2.45. The number of amides is 1. The monoisotopic (exact) mass is 314 g/mol. The molecule has 2 atom stereocenters. The maximum atomic E-state index is 11.9. The van der Waals surface area contributed by atoms with Crippen LogP contribution in [0, 0.1) is 5.92 Å². The summed E-state index contributed by atoms with van der Waals surface area (Å²) in [6, 6.07) is 8.73. The molecule has 3 nitrogen and oxygen atoms in total. The number of benzene rings is 1. The van der Waals surface area contributed by atoms with Gasteiger partial charge in [-0.1, -0.05) is 31.2 Å². The third-order valence-corrected chi connectivity index (χ3v) is 4.39. The fourth-order valence-electron chi connectivity index (χ4n) is 2.48. The van der Waals surface area contributed by atoms with E-state index < -0.39 is 0 Å². The molecule has 0 spiro atoms. The Morgan fingerprint density at radius 1 is 1.50 bits per heavy atom. The molecule has 112 valence electrons. The van der Waals surface area contributed by atoms with Gasteiger partial charge in [0, 0.05) is 24.3 Å². The lowest BCUT2D eigenvalue weighted by Gasteiger charge is -2.27. The molecule has 1 aromatic rings. The third-order valence-electron chi connectivity index (χ3n) is 3.56. The number of halogens is 1. The van der Waals surface area contributed by atoms with Crippen LogP contribution in [0.4, 0.5) is 0 Å². The third kappa shape index (κ3) is 4.40. The van der Waals surface area contributed by atoms with Gasteiger partial charge in [-0.05, 0) is 30.3 Å². The van der Waals surface area contributed by atoms with Crippen molar-refractivity contribution < 1.29 is 4.79 Å². The molecule has 1 aliphatic rings. The zero-order chi connectivity index (χ0) is 13.7. The highest BCUT2D eigenvalue weighted by atomic mass is 35.5. The van der Waals surface area contributed by atoms with Crippen LogP contribution in [0.25, 0.3) is 0 Å². The van der Waals surface area contributed by atoms with E-state index in [-0.39, 0.29) is 30.3 Å². The molecule has 20 heavy (non-hydrogen) atoms. The molecule has 0 fully saturated rings. The number of carbonyl (C=O) groups is 1. The van der Waals surface area contributed by atoms with Crippen LogP contribution in [0.2, 0.25) is 0 Å². The summed E-state index contributed by atoms with van der Waals surface area (Å²) in [7, 11) is 0. The van der Waals surface area contributed by atoms with Crippen LogP contribution in [-0.2, 0) is 11.2 Å². The summed E-state index contributed by atoms with van der Waals surface area (Å²) in [5, 5.41) is 6.54. The molecular formula is C15H23ClN2OS. The zero-order valence-electron chi connectivity index (χ0n) is 12.0. The standard InChI is InChI=1S/C15H22N2OS.ClH/c1-11(10-19-2)15(18)17-9-14-13-6-4-3-5-12(13)7-8-16-14;/h3-6,11,14,16H,7-10H2,1-2H3,(H,17,18);1H. The molecule has 1 amide bonds. The number of hydrogen-bond donors (Lipinski definition) is 2. The number of carbonyl (C=O) groups excluding carboxylic acids is 1. The molecule has 0 aliphatic carbocycles. The van der Waals surface area contributed by atoms with Crippen LogP contribution in [0.3, 0.4) is 0 Å². The summed E-state index contributed by atoms with van der Waals surface area (Å²) in [5.74, 6) is 1.11. The fraction of sp³-hybridized carbons (Fsp3) is 0.533. The molecule has 0 saturated heterocycles. The summed E-state index contributed by atoms with van der Waals surface area (Å²) in [6.07, 6.45) is 3.10. The minimum Gasteiger partial charge on any atom is -0.354 e. The van der Waals surface area contributed by atoms with Crippen molar-refractivity contribution in [3.05, 3.63) is 35.4 Å². The second-order valence-electron chi connectivity index (χ2n) is 5.06. The van der Waals surface area contributed by atoms with Gasteiger partial charge in [-0.3, -0.25) is 4.79 Å². The largest absolute Gasteiger partial charge is 0.354 e. The number of hydrogen-bond acceptors (Lipinski definition) is 3. The van der Waals surface area contributed by atoms with Gasteiger partial charge in [-0.25, -0.2) is 0 Å². The highest BCUT2D eigenvalue weighted by Gasteiger charge is 2.20. The van der Waals surface area contributed by atoms with Crippen molar-refractivity contribution in [1.82, 2.24) is 10.6 Å². The van der Waals surface area contributed by atoms with Crippen molar-refractivity contribution in [2.75, 3.05) is 25.1 Å². The summed E-state index contributed by atoms with van der Waals surface area (Å²) in [6.45, 7) is 3.64. The SMILES string of the molecule is CSCC(C)C(=O)NCC1NCCc2ccccc21.Cl. The van der Waals surface area contributed by atoms with E-state index >= 15 is 0 Å². The molecule has 0 radical (unpaired) electrons. The van der Waals surface area contributed by atoms with E-state index in [0.717, 1.165) is 18.7 Å². The van der Waals surface area contributed by atoms with Gasteiger partial charge in [0.2, 0.25) is 5.91 Å². The maximum absolute atomic E-state index is 11.9. The van der Waals surface area contributed by atoms with Gasteiger partial charge in [0.05, 0.1) is 0 Å². The fourth-order valence-corrected chi connectivity index (χ4v) is 3.13. The van der Waals surface area contributed by atoms with Crippen LogP contribution >= 0.6 is 24.2 Å². The van der Waals surface area contributed by atoms with Crippen LogP contribution < -0.4 is 10.6 Å². The van der Waals surface area contributed by atoms with E-state index in [4.69, 9.17) is 0 Å². The average molecular weight is 315 g/mol. The normalized spacial score (nSPS) is 18.6. The molecule has 1 heterocycles. The molecule has 2 N–H and O–H groups in total. The number of thioether (sulfide) groups is 1. The number of nitrogens with one attached hydrogen (secondary N) is 2. The van der Waals surface area contributed by atoms with Crippen LogP contribution in [0.15, 0.2) is 24.3 Å². The lowest BCUT2D eigenvalue weighted by atomic mass is 9.94. The lowest BCUT2D eigenvalue weighted by Crippen LogP contribution is -2.40. The van der Waals surface area contributed by atoms with Crippen LogP contribution in [0.1, 0.15) is 24.1 Å². The van der Waals surface area contributed by atoms with E-state index in [1.807, 2.05) is 13.2 Å². The predicted octanol–water partition coefficient (Wildman–Crippen LogP) is 2.41. The first-order chi connectivity index (χ1) is 9.22. The molecule has 0 bridgehead atoms. The highest BCUT2D eigenvalue weighted by Crippen LogP contribution is 2.21. The Bertz CT molecular complexity index is 442. The molecular weight excluding hydrogens is 292 g/mol. The Morgan fingerprint density at radius 2 is 2.25 bits per heavy atom. The molecule has 2 rings (SSSR count). The Kier molecular flexibility index (Phi) is 7.41. The molecule has 0 aromatic heterocycles. The zero-order valence-corrected chi connectivity index (χ0v) is 13.7. The van der Waals surface area contributed by atoms with Gasteiger partial charge in [-0.15, -0.1) is 12.4 Å². The Hall–Kier alpha value is -0.710. The van der Waals surface area contributed by atoms with Crippen molar-refractivity contribution in [2.45, 2.75) is 19.4 Å². The van der Waals surface area contributed by atoms with Gasteiger partial charge < -0.3 is 10.6 Å². The van der Waals surface area contributed by atoms with Gasteiger partial charge in [0.1, 0.15) is 0 Å². The van der Waals surface area contributed by atoms with Crippen molar-refractivity contribution in [1.29, 1.82) is 0 Å². The maximum Gasteiger partial charge on any atom is 0.223 e. The lowest BCUT2D eigenvalue weighted by molar-refractivity contribution is -0.123. The Balaban J connectivity index is 0.00000200. The highest BCUT2D eigenvalue weighted by molar-refractivity contribution is 7.98. The molecule has 2 unspecified atom stereocenters. The van der Waals surface area contributed by atoms with E-state index in [1.54, 1.807) is 11.8 Å². The van der Waals surface area contributed by atoms with Gasteiger partial charge in [-0.2, -0.15) is 11.8 Å². The van der Waals surface area contributed by atoms with Crippen LogP contribution in [0.5, 0.6) is 0 Å². The van der Waals surface area contributed by atoms with Gasteiger partial charge >= 0.3 is 0 Å². The topological polar surface area (TPSA) is 41.1 Å². The predicted molar refractivity (Wildman–Crippen MR) is 88.7 cm³/mol. The summed E-state index contributed by atoms with van der Waals surface area (Å²) < 4.78 is 0. The second kappa shape index (κ2) is 8.55. The number of rotatable bonds is 5. The van der Waals surface area contributed by atoms with E-state index in [9.17, 15) is 4.79 Å². The van der Waals surface area contributed by atoms with Crippen molar-refractivity contribution in [3.8, 4) is 0 Å². The van der Waals surface area contributed by atoms with Crippen molar-refractivity contribution >= 4 is 30.1 Å². The minimum absolute atomic E-state index is 0. The quantitative estimate of drug-likeness (QED) is 0.877. The van der Waals surface area contributed by atoms with E-state index in [1.165, 1.54) is 11.1 Å². The first-order valence-electron chi connectivity index (χ1n) is 6.80. The molecule has 0 saturated carbocycles. The number of fused-ring (bicyclic) bond motifs is 1. The van der Waals surface area contributed by atoms with E-state index in [0.29, 0.717) is 6.54 Å². The minimum atomic E-state index is 0. The molecule has 1 aliphatic heterocycles. The van der Waals surface area contributed by atoms with Crippen LogP contribution in [-0.4, -0.2) is 31.0 Å². The molecule has 1 aromatic carbocycles. The first-order valence-corrected chi connectivity index (χ1v) is 8.19. The smallest absolute Gasteiger partial charge is 0.223 e. The second-order valence-corrected chi connectivity index (χ2v) is 5.97. The first kappa shape index (κ1) is 17.3. The van der Waals surface area contributed by atoms with Crippen molar-refractivity contribution in [2.24, 2.45) is 5.92 Å². The summed E-state index contributed by atoms with van der Waals surface area (Å²) in [5.41, 5.74) is 2.73. The summed E-state index contributed by atoms with van der Waals surface area (Å²) >= 11 is 1.71. The van der Waals surface area contributed by atoms with Gasteiger partial charge in [0.25, 0.3) is 0 Å². The van der Waals surface area contributed by atoms with Gasteiger partial charge in [0.15, 0.2) is 0 Å². The summed E-state index contributed by atoms with van der Waals surface area (Å²) in [4.78, 5) is 11.9. The van der Waals surface area contributed by atoms with Crippen molar-refractivity contribution in [3.63, 3.8) is 0 Å². The van der Waals surface area contributed by atoms with E-state index in [2.05, 4.69) is 34.9 Å². The Morgan fingerprint density at radius 3 is 3.00 bits per heavy atom. The molecule has 5 heteroatoms. The Labute approximate surface area is 131 Å².